The van der Waals surface area contributed by atoms with Crippen LogP contribution in [-0.4, -0.2) is 38.7 Å². The molecule has 6 heteroatoms. The van der Waals surface area contributed by atoms with Crippen molar-refractivity contribution in [3.63, 3.8) is 0 Å². The smallest absolute Gasteiger partial charge is 0.153 e. The van der Waals surface area contributed by atoms with E-state index >= 15 is 0 Å². The fraction of sp³-hybridized carbons (Fsp3) is 0.667. The van der Waals surface area contributed by atoms with Gasteiger partial charge in [-0.3, -0.25) is 0 Å². The Labute approximate surface area is 111 Å². The molecule has 0 saturated carbocycles. The standard InChI is InChI=1S/C12H17NO3S2/c1-9-6-10(7-17-9)11-12(16-4-3-13-11)2-5-18(14,15)8-12/h6-7,11,13H,2-5,8H2,1H3. The van der Waals surface area contributed by atoms with Crippen LogP contribution in [0.1, 0.15) is 22.9 Å². The van der Waals surface area contributed by atoms with E-state index in [4.69, 9.17) is 4.74 Å². The van der Waals surface area contributed by atoms with Gasteiger partial charge >= 0.3 is 0 Å². The molecule has 3 rings (SSSR count). The lowest BCUT2D eigenvalue weighted by Crippen LogP contribution is -2.53. The van der Waals surface area contributed by atoms with Gasteiger partial charge < -0.3 is 10.1 Å². The summed E-state index contributed by atoms with van der Waals surface area (Å²) in [5.74, 6) is 0.390. The van der Waals surface area contributed by atoms with Gasteiger partial charge in [0.1, 0.15) is 5.60 Å². The Kier molecular flexibility index (Phi) is 3.01. The lowest BCUT2D eigenvalue weighted by molar-refractivity contribution is -0.0798. The van der Waals surface area contributed by atoms with E-state index in [2.05, 4.69) is 23.7 Å². The van der Waals surface area contributed by atoms with Crippen LogP contribution in [-0.2, 0) is 14.6 Å². The van der Waals surface area contributed by atoms with E-state index in [0.29, 0.717) is 13.0 Å². The minimum Gasteiger partial charge on any atom is -0.371 e. The van der Waals surface area contributed by atoms with E-state index in [-0.39, 0.29) is 17.5 Å². The summed E-state index contributed by atoms with van der Waals surface area (Å²) in [4.78, 5) is 1.24. The number of hydrogen-bond acceptors (Lipinski definition) is 5. The number of rotatable bonds is 1. The fourth-order valence-electron chi connectivity index (χ4n) is 2.95. The number of nitrogens with one attached hydrogen (secondary N) is 1. The highest BCUT2D eigenvalue weighted by Crippen LogP contribution is 2.41. The highest BCUT2D eigenvalue weighted by molar-refractivity contribution is 7.91. The van der Waals surface area contributed by atoms with Gasteiger partial charge in [-0.2, -0.15) is 0 Å². The third-order valence-electron chi connectivity index (χ3n) is 3.75. The van der Waals surface area contributed by atoms with Gasteiger partial charge in [-0.15, -0.1) is 11.3 Å². The molecule has 2 saturated heterocycles. The summed E-state index contributed by atoms with van der Waals surface area (Å²) in [6.07, 6.45) is 0.599. The van der Waals surface area contributed by atoms with Crippen molar-refractivity contribution in [3.05, 3.63) is 21.9 Å². The van der Waals surface area contributed by atoms with Gasteiger partial charge in [0.15, 0.2) is 9.84 Å². The van der Waals surface area contributed by atoms with Gasteiger partial charge in [0.25, 0.3) is 0 Å². The molecule has 1 aromatic rings. The van der Waals surface area contributed by atoms with Gasteiger partial charge in [0.2, 0.25) is 0 Å². The van der Waals surface area contributed by atoms with E-state index in [1.165, 1.54) is 4.88 Å². The van der Waals surface area contributed by atoms with Crippen molar-refractivity contribution >= 4 is 21.2 Å². The highest BCUT2D eigenvalue weighted by Gasteiger charge is 2.51. The monoisotopic (exact) mass is 287 g/mol. The van der Waals surface area contributed by atoms with Gasteiger partial charge in [0.05, 0.1) is 24.2 Å². The molecule has 100 valence electrons. The van der Waals surface area contributed by atoms with E-state index in [1.54, 1.807) is 11.3 Å². The summed E-state index contributed by atoms with van der Waals surface area (Å²) in [6.45, 7) is 3.44. The Bertz CT molecular complexity index is 551. The first kappa shape index (κ1) is 12.6. The van der Waals surface area contributed by atoms with Crippen LogP contribution in [0.4, 0.5) is 0 Å². The van der Waals surface area contributed by atoms with Crippen molar-refractivity contribution in [2.75, 3.05) is 24.7 Å². The van der Waals surface area contributed by atoms with Crippen LogP contribution in [0.3, 0.4) is 0 Å². The molecule has 0 aromatic carbocycles. The average molecular weight is 287 g/mol. The summed E-state index contributed by atoms with van der Waals surface area (Å²) >= 11 is 1.70. The summed E-state index contributed by atoms with van der Waals surface area (Å²) in [7, 11) is -2.95. The first-order valence-corrected chi connectivity index (χ1v) is 8.84. The quantitative estimate of drug-likeness (QED) is 0.845. The topological polar surface area (TPSA) is 55.4 Å². The second kappa shape index (κ2) is 4.30. The van der Waals surface area contributed by atoms with Gasteiger partial charge in [0, 0.05) is 11.4 Å². The lowest BCUT2D eigenvalue weighted by Gasteiger charge is -2.41. The third-order valence-corrected chi connectivity index (χ3v) is 6.39. The molecule has 0 bridgehead atoms. The number of hydrogen-bond donors (Lipinski definition) is 1. The Morgan fingerprint density at radius 2 is 2.39 bits per heavy atom. The molecule has 18 heavy (non-hydrogen) atoms. The third kappa shape index (κ3) is 2.11. The second-order valence-corrected chi connectivity index (χ2v) is 8.43. The highest BCUT2D eigenvalue weighted by atomic mass is 32.2. The zero-order valence-corrected chi connectivity index (χ0v) is 11.9. The van der Waals surface area contributed by atoms with Gasteiger partial charge in [-0.25, -0.2) is 8.42 Å². The van der Waals surface area contributed by atoms with E-state index in [1.807, 2.05) is 0 Å². The van der Waals surface area contributed by atoms with Crippen LogP contribution < -0.4 is 5.32 Å². The first-order chi connectivity index (χ1) is 8.51. The maximum Gasteiger partial charge on any atom is 0.153 e. The average Bonchev–Trinajstić information content (AvgIpc) is 2.85. The van der Waals surface area contributed by atoms with Crippen LogP contribution in [0.15, 0.2) is 11.4 Å². The first-order valence-electron chi connectivity index (χ1n) is 6.14. The van der Waals surface area contributed by atoms with E-state index < -0.39 is 15.4 Å². The van der Waals surface area contributed by atoms with Crippen molar-refractivity contribution in [2.24, 2.45) is 0 Å². The van der Waals surface area contributed by atoms with Crippen molar-refractivity contribution in [2.45, 2.75) is 25.0 Å². The maximum absolute atomic E-state index is 11.8. The zero-order valence-electron chi connectivity index (χ0n) is 10.3. The summed E-state index contributed by atoms with van der Waals surface area (Å²) in [5, 5.41) is 5.54. The normalized spacial score (nSPS) is 35.1. The minimum absolute atomic E-state index is 0.00785. The Morgan fingerprint density at radius 3 is 3.00 bits per heavy atom. The number of aryl methyl sites for hydroxylation is 1. The zero-order chi connectivity index (χ0) is 12.8. The Morgan fingerprint density at radius 1 is 1.56 bits per heavy atom. The number of ether oxygens (including phenoxy) is 1. The summed E-state index contributed by atoms with van der Waals surface area (Å²) in [6, 6.07) is 2.14. The van der Waals surface area contributed by atoms with E-state index in [0.717, 1.165) is 12.1 Å². The summed E-state index contributed by atoms with van der Waals surface area (Å²) < 4.78 is 29.5. The van der Waals surface area contributed by atoms with Crippen LogP contribution in [0.5, 0.6) is 0 Å². The molecule has 2 aliphatic rings. The molecule has 0 amide bonds. The molecule has 2 fully saturated rings. The SMILES string of the molecule is Cc1cc(C2NCCOC23CCS(=O)(=O)C3)cs1. The molecule has 1 spiro atoms. The van der Waals surface area contributed by atoms with Crippen molar-refractivity contribution in [3.8, 4) is 0 Å². The number of morpholine rings is 1. The van der Waals surface area contributed by atoms with Crippen molar-refractivity contribution in [1.29, 1.82) is 0 Å². The molecule has 2 aliphatic heterocycles. The van der Waals surface area contributed by atoms with Crippen LogP contribution >= 0.6 is 11.3 Å². The molecule has 1 N–H and O–H groups in total. The second-order valence-electron chi connectivity index (χ2n) is 5.13. The molecular formula is C12H17NO3S2. The predicted molar refractivity (Wildman–Crippen MR) is 71.8 cm³/mol. The molecule has 4 nitrogen and oxygen atoms in total. The van der Waals surface area contributed by atoms with Crippen LogP contribution in [0.2, 0.25) is 0 Å². The number of sulfone groups is 1. The lowest BCUT2D eigenvalue weighted by atomic mass is 9.87. The molecule has 2 atom stereocenters. The largest absolute Gasteiger partial charge is 0.371 e. The van der Waals surface area contributed by atoms with Crippen LogP contribution in [0, 0.1) is 6.92 Å². The fourth-order valence-corrected chi connectivity index (χ4v) is 5.62. The van der Waals surface area contributed by atoms with E-state index in [9.17, 15) is 8.42 Å². The molecule has 3 heterocycles. The molecule has 0 aliphatic carbocycles. The molecule has 2 unspecified atom stereocenters. The van der Waals surface area contributed by atoms with Gasteiger partial charge in [-0.1, -0.05) is 0 Å². The van der Waals surface area contributed by atoms with Crippen LogP contribution in [0.25, 0.3) is 0 Å². The Hall–Kier alpha value is -0.430. The summed E-state index contributed by atoms with van der Waals surface area (Å²) in [5.41, 5.74) is 0.610. The minimum atomic E-state index is -2.95. The molecule has 1 aromatic heterocycles. The Balaban J connectivity index is 1.96. The molecule has 0 radical (unpaired) electrons. The number of thiophene rings is 1. The molecular weight excluding hydrogens is 270 g/mol. The van der Waals surface area contributed by atoms with Crippen molar-refractivity contribution in [1.82, 2.24) is 5.32 Å². The van der Waals surface area contributed by atoms with Crippen molar-refractivity contribution < 1.29 is 13.2 Å². The maximum atomic E-state index is 11.8. The van der Waals surface area contributed by atoms with Gasteiger partial charge in [-0.05, 0) is 30.4 Å². The predicted octanol–water partition coefficient (Wildman–Crippen LogP) is 1.27.